The van der Waals surface area contributed by atoms with Crippen LogP contribution in [0.1, 0.15) is 40.2 Å². The normalized spacial score (nSPS) is 12.2. The van der Waals surface area contributed by atoms with Crippen LogP contribution in [0.25, 0.3) is 0 Å². The summed E-state index contributed by atoms with van der Waals surface area (Å²) in [6, 6.07) is 30.0. The van der Waals surface area contributed by atoms with Gasteiger partial charge in [-0.15, -0.1) is 0 Å². The van der Waals surface area contributed by atoms with Crippen molar-refractivity contribution in [1.29, 1.82) is 0 Å². The number of aliphatic hydroxyl groups excluding tert-OH is 1. The molecule has 0 aliphatic heterocycles. The van der Waals surface area contributed by atoms with Crippen LogP contribution in [0.4, 0.5) is 13.2 Å². The van der Waals surface area contributed by atoms with Crippen LogP contribution >= 0.6 is 0 Å². The van der Waals surface area contributed by atoms with Gasteiger partial charge >= 0.3 is 6.18 Å². The lowest BCUT2D eigenvalue weighted by Crippen LogP contribution is -2.31. The number of aliphatic hydroxyl groups is 1. The van der Waals surface area contributed by atoms with Gasteiger partial charge in [0.15, 0.2) is 9.84 Å². The number of alkyl halides is 3. The Kier molecular flexibility index (Phi) is 10.4. The molecular weight excluding hydrogens is 563 g/mol. The van der Waals surface area contributed by atoms with E-state index in [1.54, 1.807) is 12.1 Å². The van der Waals surface area contributed by atoms with Gasteiger partial charge in [0.05, 0.1) is 23.7 Å². The van der Waals surface area contributed by atoms with E-state index in [9.17, 15) is 26.7 Å². The number of hydrogen-bond donors (Lipinski definition) is 1. The zero-order valence-corrected chi connectivity index (χ0v) is 24.1. The minimum Gasteiger partial charge on any atom is -0.494 e. The number of nitrogens with zero attached hydrogens (tertiary/aromatic N) is 1. The molecule has 222 valence electrons. The topological polar surface area (TPSA) is 66.8 Å². The highest BCUT2D eigenvalue weighted by Gasteiger charge is 2.30. The van der Waals surface area contributed by atoms with Gasteiger partial charge in [0.2, 0.25) is 0 Å². The molecule has 0 amide bonds. The maximum Gasteiger partial charge on any atom is 0.416 e. The first-order chi connectivity index (χ1) is 20.0. The van der Waals surface area contributed by atoms with E-state index in [0.717, 1.165) is 23.4 Å². The van der Waals surface area contributed by atoms with Crippen molar-refractivity contribution in [2.24, 2.45) is 0 Å². The molecule has 0 saturated carbocycles. The summed E-state index contributed by atoms with van der Waals surface area (Å²) in [6.07, 6.45) is -2.81. The first-order valence-corrected chi connectivity index (χ1v) is 15.5. The molecule has 0 heterocycles. The molecule has 0 saturated heterocycles. The van der Waals surface area contributed by atoms with Crippen LogP contribution in [0.3, 0.4) is 0 Å². The molecule has 1 N–H and O–H groups in total. The molecule has 0 spiro atoms. The summed E-state index contributed by atoms with van der Waals surface area (Å²) in [5.74, 6) is 0.353. The van der Waals surface area contributed by atoms with Crippen LogP contribution < -0.4 is 4.74 Å². The van der Waals surface area contributed by atoms with Crippen molar-refractivity contribution < 1.29 is 31.4 Å². The molecule has 42 heavy (non-hydrogen) atoms. The third-order valence-corrected chi connectivity index (χ3v) is 8.18. The van der Waals surface area contributed by atoms with Gasteiger partial charge in [-0.3, -0.25) is 4.90 Å². The monoisotopic (exact) mass is 597 g/mol. The fourth-order valence-electron chi connectivity index (χ4n) is 4.95. The molecule has 0 radical (unpaired) electrons. The van der Waals surface area contributed by atoms with E-state index < -0.39 is 28.2 Å². The second-order valence-electron chi connectivity index (χ2n) is 10.2. The molecule has 0 aliphatic rings. The number of ether oxygens (including phenoxy) is 1. The van der Waals surface area contributed by atoms with Gasteiger partial charge in [-0.1, -0.05) is 84.9 Å². The summed E-state index contributed by atoms with van der Waals surface area (Å²) in [5.41, 5.74) is 2.38. The Labute approximate surface area is 245 Å². The minimum atomic E-state index is -4.43. The molecule has 0 aliphatic carbocycles. The van der Waals surface area contributed by atoms with Crippen LogP contribution in [0.2, 0.25) is 0 Å². The molecule has 0 bridgehead atoms. The molecule has 0 aromatic heterocycles. The van der Waals surface area contributed by atoms with Crippen LogP contribution in [0.15, 0.2) is 108 Å². The number of sulfone groups is 1. The smallest absolute Gasteiger partial charge is 0.416 e. The molecule has 5 nitrogen and oxygen atoms in total. The molecule has 4 aromatic rings. The van der Waals surface area contributed by atoms with Gasteiger partial charge in [-0.25, -0.2) is 8.42 Å². The fraction of sp³-hybridized carbons (Fsp3) is 0.273. The second kappa shape index (κ2) is 14.0. The standard InChI is InChI=1S/C33H34F3NO4S/c1-42(39,40)32-21-30(17-16-28(32)24-38)41-19-9-18-37(22-25-10-8-15-29(20-25)33(34,35)36)23-31(26-11-4-2-5-12-26)27-13-6-3-7-14-27/h2-8,10-17,20-21,31,38H,9,18-19,22-24H2,1H3. The largest absolute Gasteiger partial charge is 0.494 e. The van der Waals surface area contributed by atoms with E-state index in [1.165, 1.54) is 24.3 Å². The van der Waals surface area contributed by atoms with Gasteiger partial charge < -0.3 is 9.84 Å². The Hall–Kier alpha value is -3.66. The fourth-order valence-corrected chi connectivity index (χ4v) is 5.89. The third-order valence-electron chi connectivity index (χ3n) is 7.00. The first kappa shape index (κ1) is 31.3. The predicted octanol–water partition coefficient (Wildman–Crippen LogP) is 6.70. The Morgan fingerprint density at radius 1 is 0.857 bits per heavy atom. The van der Waals surface area contributed by atoms with E-state index >= 15 is 0 Å². The molecule has 0 fully saturated rings. The number of rotatable bonds is 13. The number of hydrogen-bond acceptors (Lipinski definition) is 5. The van der Waals surface area contributed by atoms with Crippen molar-refractivity contribution in [1.82, 2.24) is 4.90 Å². The van der Waals surface area contributed by atoms with Crippen molar-refractivity contribution in [3.8, 4) is 5.75 Å². The number of halogens is 3. The highest BCUT2D eigenvalue weighted by Crippen LogP contribution is 2.31. The van der Waals surface area contributed by atoms with Gasteiger partial charge in [0, 0.05) is 31.8 Å². The summed E-state index contributed by atoms with van der Waals surface area (Å²) in [4.78, 5) is 2.14. The van der Waals surface area contributed by atoms with E-state index in [4.69, 9.17) is 4.74 Å². The lowest BCUT2D eigenvalue weighted by Gasteiger charge is -2.29. The van der Waals surface area contributed by atoms with E-state index in [0.29, 0.717) is 42.9 Å². The summed E-state index contributed by atoms with van der Waals surface area (Å²) in [7, 11) is -3.56. The summed E-state index contributed by atoms with van der Waals surface area (Å²) < 4.78 is 70.4. The Bertz CT molecular complexity index is 1510. The lowest BCUT2D eigenvalue weighted by atomic mass is 9.90. The van der Waals surface area contributed by atoms with Crippen molar-refractivity contribution in [2.75, 3.05) is 26.0 Å². The van der Waals surface area contributed by atoms with E-state index in [2.05, 4.69) is 29.2 Å². The highest BCUT2D eigenvalue weighted by molar-refractivity contribution is 7.90. The maximum absolute atomic E-state index is 13.4. The van der Waals surface area contributed by atoms with Crippen molar-refractivity contribution in [2.45, 2.75) is 36.6 Å². The summed E-state index contributed by atoms with van der Waals surface area (Å²) >= 11 is 0. The van der Waals surface area contributed by atoms with Crippen LogP contribution in [-0.2, 0) is 29.2 Å². The lowest BCUT2D eigenvalue weighted by molar-refractivity contribution is -0.137. The first-order valence-electron chi connectivity index (χ1n) is 13.6. The minimum absolute atomic E-state index is 0.0116. The van der Waals surface area contributed by atoms with E-state index in [1.807, 2.05) is 36.4 Å². The number of benzene rings is 4. The van der Waals surface area contributed by atoms with Crippen molar-refractivity contribution in [3.63, 3.8) is 0 Å². The van der Waals surface area contributed by atoms with Crippen LogP contribution in [0, 0.1) is 0 Å². The Morgan fingerprint density at radius 3 is 2.07 bits per heavy atom. The van der Waals surface area contributed by atoms with Crippen molar-refractivity contribution >= 4 is 9.84 Å². The van der Waals surface area contributed by atoms with Gasteiger partial charge in [-0.05, 0) is 46.9 Å². The highest BCUT2D eigenvalue weighted by atomic mass is 32.2. The molecule has 4 rings (SSSR count). The average Bonchev–Trinajstić information content (AvgIpc) is 2.98. The van der Waals surface area contributed by atoms with Crippen LogP contribution in [-0.4, -0.2) is 44.4 Å². The zero-order chi connectivity index (χ0) is 30.2. The summed E-state index contributed by atoms with van der Waals surface area (Å²) in [5, 5.41) is 9.49. The maximum atomic E-state index is 13.4. The predicted molar refractivity (Wildman–Crippen MR) is 157 cm³/mol. The summed E-state index contributed by atoms with van der Waals surface area (Å²) in [6.45, 7) is 1.26. The van der Waals surface area contributed by atoms with Gasteiger partial charge in [-0.2, -0.15) is 13.2 Å². The quantitative estimate of drug-likeness (QED) is 0.174. The molecule has 9 heteroatoms. The molecule has 0 atom stereocenters. The van der Waals surface area contributed by atoms with Crippen LogP contribution in [0.5, 0.6) is 5.75 Å². The molecular formula is C33H34F3NO4S. The molecule has 0 unspecified atom stereocenters. The van der Waals surface area contributed by atoms with Crippen molar-refractivity contribution in [3.05, 3.63) is 131 Å². The Balaban J connectivity index is 1.54. The second-order valence-corrected chi connectivity index (χ2v) is 12.2. The van der Waals surface area contributed by atoms with E-state index in [-0.39, 0.29) is 17.4 Å². The van der Waals surface area contributed by atoms with Gasteiger partial charge in [0.1, 0.15) is 5.75 Å². The van der Waals surface area contributed by atoms with Gasteiger partial charge in [0.25, 0.3) is 0 Å². The third kappa shape index (κ3) is 8.67. The zero-order valence-electron chi connectivity index (χ0n) is 23.3. The molecule has 4 aromatic carbocycles. The average molecular weight is 598 g/mol. The Morgan fingerprint density at radius 2 is 1.50 bits per heavy atom. The SMILES string of the molecule is CS(=O)(=O)c1cc(OCCCN(Cc2cccc(C(F)(F)F)c2)CC(c2ccccc2)c2ccccc2)ccc1CO.